The van der Waals surface area contributed by atoms with Gasteiger partial charge in [0.25, 0.3) is 5.91 Å². The van der Waals surface area contributed by atoms with Crippen molar-refractivity contribution >= 4 is 11.8 Å². The summed E-state index contributed by atoms with van der Waals surface area (Å²) in [5.74, 6) is 0.213. The van der Waals surface area contributed by atoms with Gasteiger partial charge in [-0.15, -0.1) is 0 Å². The predicted octanol–water partition coefficient (Wildman–Crippen LogP) is 2.84. The Kier molecular flexibility index (Phi) is 7.58. The lowest BCUT2D eigenvalue weighted by atomic mass is 10.00. The van der Waals surface area contributed by atoms with Gasteiger partial charge in [-0.2, -0.15) is 0 Å². The second kappa shape index (κ2) is 9.90. The normalized spacial score (nSPS) is 11.6. The minimum Gasteiger partial charge on any atom is -0.493 e. The van der Waals surface area contributed by atoms with Crippen LogP contribution in [0.25, 0.3) is 11.1 Å². The number of aliphatic hydroxyl groups excluding tert-OH is 1. The SMILES string of the molecule is CCCOc1ccc(-c2cccc(C(=O)N(C)[C@H](C)C(=O)NC)c2)cc1CO. The number of likely N-dealkylation sites (N-methyl/N-ethyl adjacent to an activating group) is 2. The van der Waals surface area contributed by atoms with E-state index in [1.54, 1.807) is 39.2 Å². The molecule has 0 heterocycles. The van der Waals surface area contributed by atoms with Crippen LogP contribution in [-0.2, 0) is 11.4 Å². The molecule has 2 aromatic rings. The summed E-state index contributed by atoms with van der Waals surface area (Å²) in [6.45, 7) is 4.17. The molecule has 0 fully saturated rings. The molecule has 2 aromatic carbocycles. The molecule has 0 bridgehead atoms. The van der Waals surface area contributed by atoms with Crippen LogP contribution in [0.5, 0.6) is 5.75 Å². The Morgan fingerprint density at radius 3 is 2.54 bits per heavy atom. The average Bonchev–Trinajstić information content (AvgIpc) is 2.75. The molecule has 1 atom stereocenters. The second-order valence-corrected chi connectivity index (χ2v) is 6.62. The third-order valence-electron chi connectivity index (χ3n) is 4.66. The fourth-order valence-electron chi connectivity index (χ4n) is 2.83. The van der Waals surface area contributed by atoms with Gasteiger partial charge in [0.15, 0.2) is 0 Å². The summed E-state index contributed by atoms with van der Waals surface area (Å²) in [5.41, 5.74) is 2.92. The van der Waals surface area contributed by atoms with E-state index in [2.05, 4.69) is 5.32 Å². The van der Waals surface area contributed by atoms with Crippen LogP contribution in [0.1, 0.15) is 36.2 Å². The number of nitrogens with zero attached hydrogens (tertiary/aromatic N) is 1. The molecule has 0 radical (unpaired) electrons. The fraction of sp³-hybridized carbons (Fsp3) is 0.364. The van der Waals surface area contributed by atoms with Crippen LogP contribution in [-0.4, -0.2) is 48.6 Å². The molecular formula is C22H28N2O4. The van der Waals surface area contributed by atoms with Crippen LogP contribution in [0.2, 0.25) is 0 Å². The molecule has 6 nitrogen and oxygen atoms in total. The van der Waals surface area contributed by atoms with E-state index < -0.39 is 6.04 Å². The van der Waals surface area contributed by atoms with Crippen molar-refractivity contribution in [3.63, 3.8) is 0 Å². The molecule has 0 saturated carbocycles. The van der Waals surface area contributed by atoms with E-state index in [1.807, 2.05) is 31.2 Å². The monoisotopic (exact) mass is 384 g/mol. The molecule has 2 N–H and O–H groups in total. The summed E-state index contributed by atoms with van der Waals surface area (Å²) in [7, 11) is 3.16. The Balaban J connectivity index is 2.30. The Labute approximate surface area is 166 Å². The quantitative estimate of drug-likeness (QED) is 0.734. The zero-order valence-electron chi connectivity index (χ0n) is 16.9. The van der Waals surface area contributed by atoms with Crippen molar-refractivity contribution in [3.05, 3.63) is 53.6 Å². The van der Waals surface area contributed by atoms with Gasteiger partial charge in [-0.05, 0) is 48.7 Å². The van der Waals surface area contributed by atoms with Gasteiger partial charge in [-0.1, -0.05) is 25.1 Å². The largest absolute Gasteiger partial charge is 0.493 e. The van der Waals surface area contributed by atoms with Gasteiger partial charge < -0.3 is 20.1 Å². The molecule has 150 valence electrons. The van der Waals surface area contributed by atoms with Gasteiger partial charge in [0.1, 0.15) is 11.8 Å². The van der Waals surface area contributed by atoms with Gasteiger partial charge >= 0.3 is 0 Å². The van der Waals surface area contributed by atoms with Crippen molar-refractivity contribution in [2.45, 2.75) is 32.9 Å². The number of hydrogen-bond donors (Lipinski definition) is 2. The van der Waals surface area contributed by atoms with Gasteiger partial charge in [0.05, 0.1) is 13.2 Å². The first-order valence-electron chi connectivity index (χ1n) is 9.38. The average molecular weight is 384 g/mol. The highest BCUT2D eigenvalue weighted by Crippen LogP contribution is 2.28. The molecule has 0 saturated heterocycles. The molecular weight excluding hydrogens is 356 g/mol. The standard InChI is InChI=1S/C22H28N2O4/c1-5-11-28-20-10-9-17(13-19(20)14-25)16-7-6-8-18(12-16)22(27)24(4)15(2)21(26)23-3/h6-10,12-13,15,25H,5,11,14H2,1-4H3,(H,23,26)/t15-/m1/s1. The van der Waals surface area contributed by atoms with E-state index in [4.69, 9.17) is 4.74 Å². The summed E-state index contributed by atoms with van der Waals surface area (Å²) >= 11 is 0. The number of benzene rings is 2. The van der Waals surface area contributed by atoms with Crippen molar-refractivity contribution in [3.8, 4) is 16.9 Å². The predicted molar refractivity (Wildman–Crippen MR) is 109 cm³/mol. The van der Waals surface area contributed by atoms with Gasteiger partial charge in [0.2, 0.25) is 5.91 Å². The number of aliphatic hydroxyl groups is 1. The molecule has 0 aliphatic carbocycles. The number of carbonyl (C=O) groups is 2. The van der Waals surface area contributed by atoms with E-state index in [0.29, 0.717) is 23.5 Å². The summed E-state index contributed by atoms with van der Waals surface area (Å²) in [6, 6.07) is 12.3. The minimum absolute atomic E-state index is 0.127. The highest BCUT2D eigenvalue weighted by atomic mass is 16.5. The van der Waals surface area contributed by atoms with Crippen molar-refractivity contribution < 1.29 is 19.4 Å². The molecule has 2 amide bonds. The molecule has 28 heavy (non-hydrogen) atoms. The third kappa shape index (κ3) is 4.89. The van der Waals surface area contributed by atoms with Crippen molar-refractivity contribution in [2.24, 2.45) is 0 Å². The lowest BCUT2D eigenvalue weighted by Gasteiger charge is -2.23. The Morgan fingerprint density at radius 1 is 1.18 bits per heavy atom. The maximum Gasteiger partial charge on any atom is 0.254 e. The molecule has 0 aliphatic heterocycles. The fourth-order valence-corrected chi connectivity index (χ4v) is 2.83. The lowest BCUT2D eigenvalue weighted by molar-refractivity contribution is -0.124. The number of carbonyl (C=O) groups excluding carboxylic acids is 2. The van der Waals surface area contributed by atoms with E-state index in [-0.39, 0.29) is 18.4 Å². The van der Waals surface area contributed by atoms with Crippen molar-refractivity contribution in [1.82, 2.24) is 10.2 Å². The summed E-state index contributed by atoms with van der Waals surface area (Å²) < 4.78 is 5.66. The second-order valence-electron chi connectivity index (χ2n) is 6.62. The first-order chi connectivity index (χ1) is 13.4. The maximum absolute atomic E-state index is 12.8. The van der Waals surface area contributed by atoms with Crippen LogP contribution >= 0.6 is 0 Å². The number of hydrogen-bond acceptors (Lipinski definition) is 4. The van der Waals surface area contributed by atoms with Crippen LogP contribution in [0, 0.1) is 0 Å². The molecule has 0 spiro atoms. The first-order valence-corrected chi connectivity index (χ1v) is 9.38. The van der Waals surface area contributed by atoms with Crippen molar-refractivity contribution in [1.29, 1.82) is 0 Å². The number of rotatable bonds is 8. The van der Waals surface area contributed by atoms with E-state index in [9.17, 15) is 14.7 Å². The Morgan fingerprint density at radius 2 is 1.89 bits per heavy atom. The van der Waals surface area contributed by atoms with Gasteiger partial charge in [-0.25, -0.2) is 0 Å². The van der Waals surface area contributed by atoms with Crippen LogP contribution in [0.3, 0.4) is 0 Å². The summed E-state index contributed by atoms with van der Waals surface area (Å²) in [6.07, 6.45) is 0.888. The zero-order chi connectivity index (χ0) is 20.7. The Hall–Kier alpha value is -2.86. The zero-order valence-corrected chi connectivity index (χ0v) is 16.9. The number of amides is 2. The molecule has 2 rings (SSSR count). The summed E-state index contributed by atoms with van der Waals surface area (Å²) in [4.78, 5) is 26.0. The summed E-state index contributed by atoms with van der Waals surface area (Å²) in [5, 5.41) is 12.2. The van der Waals surface area contributed by atoms with Crippen LogP contribution < -0.4 is 10.1 Å². The smallest absolute Gasteiger partial charge is 0.254 e. The highest BCUT2D eigenvalue weighted by molar-refractivity contribution is 5.98. The van der Waals surface area contributed by atoms with Crippen LogP contribution in [0.15, 0.2) is 42.5 Å². The molecule has 0 aliphatic rings. The first kappa shape index (κ1) is 21.4. The topological polar surface area (TPSA) is 78.9 Å². The van der Waals surface area contributed by atoms with E-state index in [0.717, 1.165) is 17.5 Å². The van der Waals surface area contributed by atoms with E-state index >= 15 is 0 Å². The third-order valence-corrected chi connectivity index (χ3v) is 4.66. The highest BCUT2D eigenvalue weighted by Gasteiger charge is 2.22. The number of ether oxygens (including phenoxy) is 1. The number of nitrogens with one attached hydrogen (secondary N) is 1. The minimum atomic E-state index is -0.572. The van der Waals surface area contributed by atoms with Crippen LogP contribution in [0.4, 0.5) is 0 Å². The molecule has 0 unspecified atom stereocenters. The van der Waals surface area contributed by atoms with Gasteiger partial charge in [-0.3, -0.25) is 9.59 Å². The van der Waals surface area contributed by atoms with Crippen molar-refractivity contribution in [2.75, 3.05) is 20.7 Å². The molecule has 0 aromatic heterocycles. The Bertz CT molecular complexity index is 835. The van der Waals surface area contributed by atoms with Gasteiger partial charge in [0, 0.05) is 25.2 Å². The maximum atomic E-state index is 12.8. The lowest BCUT2D eigenvalue weighted by Crippen LogP contribution is -2.44. The molecule has 6 heteroatoms. The van der Waals surface area contributed by atoms with E-state index in [1.165, 1.54) is 4.90 Å².